The highest BCUT2D eigenvalue weighted by molar-refractivity contribution is 7.80. The van der Waals surface area contributed by atoms with Crippen LogP contribution in [0.3, 0.4) is 0 Å². The quantitative estimate of drug-likeness (QED) is 0.445. The fourth-order valence-electron chi connectivity index (χ4n) is 2.77. The maximum Gasteiger partial charge on any atom is 0.257 e. The minimum atomic E-state index is -0.350. The smallest absolute Gasteiger partial charge is 0.257 e. The zero-order valence-corrected chi connectivity index (χ0v) is 18.7. The van der Waals surface area contributed by atoms with Crippen LogP contribution >= 0.6 is 12.2 Å². The standard InChI is InChI=1S/C25H25N3O3S/c1-17(2)23(29)26-20-11-7-12-21(15-20)27-25(32)28-24(30)19-10-6-13-22(14-19)31-16-18-8-4-3-5-9-18/h3-15,17H,16H2,1-2H3,(H,26,29)(H2,27,28,30,32). The van der Waals surface area contributed by atoms with Gasteiger partial charge in [0.15, 0.2) is 5.11 Å². The number of carbonyl (C=O) groups is 2. The molecule has 6 nitrogen and oxygen atoms in total. The van der Waals surface area contributed by atoms with Crippen molar-refractivity contribution in [1.29, 1.82) is 0 Å². The highest BCUT2D eigenvalue weighted by Gasteiger charge is 2.11. The summed E-state index contributed by atoms with van der Waals surface area (Å²) in [6.45, 7) is 4.06. The molecule has 0 spiro atoms. The number of ether oxygens (including phenoxy) is 1. The molecule has 7 heteroatoms. The molecular formula is C25H25N3O3S. The Morgan fingerprint density at radius 1 is 0.875 bits per heavy atom. The first kappa shape index (κ1) is 23.0. The second kappa shape index (κ2) is 11.1. The number of benzene rings is 3. The Balaban J connectivity index is 1.56. The summed E-state index contributed by atoms with van der Waals surface area (Å²) in [5.41, 5.74) is 2.76. The van der Waals surface area contributed by atoms with Crippen LogP contribution in [0.5, 0.6) is 5.75 Å². The molecule has 3 aromatic rings. The Bertz CT molecular complexity index is 1100. The Hall–Kier alpha value is -3.71. The number of anilines is 2. The van der Waals surface area contributed by atoms with Crippen LogP contribution in [-0.2, 0) is 11.4 Å². The third-order valence-corrected chi connectivity index (χ3v) is 4.69. The van der Waals surface area contributed by atoms with E-state index in [1.165, 1.54) is 0 Å². The highest BCUT2D eigenvalue weighted by atomic mass is 32.1. The lowest BCUT2D eigenvalue weighted by atomic mass is 10.2. The van der Waals surface area contributed by atoms with E-state index < -0.39 is 0 Å². The number of nitrogens with one attached hydrogen (secondary N) is 3. The Morgan fingerprint density at radius 2 is 1.56 bits per heavy atom. The third kappa shape index (κ3) is 6.92. The largest absolute Gasteiger partial charge is 0.489 e. The zero-order chi connectivity index (χ0) is 22.9. The minimum absolute atomic E-state index is 0.0765. The molecule has 0 saturated carbocycles. The van der Waals surface area contributed by atoms with Crippen molar-refractivity contribution < 1.29 is 14.3 Å². The molecule has 2 amide bonds. The predicted octanol–water partition coefficient (Wildman–Crippen LogP) is 4.99. The van der Waals surface area contributed by atoms with Gasteiger partial charge in [-0.2, -0.15) is 0 Å². The molecular weight excluding hydrogens is 422 g/mol. The highest BCUT2D eigenvalue weighted by Crippen LogP contribution is 2.17. The lowest BCUT2D eigenvalue weighted by Crippen LogP contribution is -2.34. The second-order valence-electron chi connectivity index (χ2n) is 7.44. The van der Waals surface area contributed by atoms with E-state index in [9.17, 15) is 9.59 Å². The second-order valence-corrected chi connectivity index (χ2v) is 7.84. The number of amides is 2. The van der Waals surface area contributed by atoms with Gasteiger partial charge < -0.3 is 15.4 Å². The lowest BCUT2D eigenvalue weighted by Gasteiger charge is -2.13. The molecule has 0 aliphatic heterocycles. The maximum atomic E-state index is 12.6. The summed E-state index contributed by atoms with van der Waals surface area (Å²) in [7, 11) is 0. The van der Waals surface area contributed by atoms with Gasteiger partial charge >= 0.3 is 0 Å². The number of hydrogen-bond acceptors (Lipinski definition) is 4. The van der Waals surface area contributed by atoms with Crippen LogP contribution in [0, 0.1) is 5.92 Å². The molecule has 0 radical (unpaired) electrons. The van der Waals surface area contributed by atoms with Gasteiger partial charge in [-0.3, -0.25) is 14.9 Å². The van der Waals surface area contributed by atoms with Crippen molar-refractivity contribution in [3.05, 3.63) is 90.0 Å². The maximum absolute atomic E-state index is 12.6. The molecule has 0 aromatic heterocycles. The van der Waals surface area contributed by atoms with E-state index >= 15 is 0 Å². The van der Waals surface area contributed by atoms with Crippen molar-refractivity contribution in [3.8, 4) is 5.75 Å². The summed E-state index contributed by atoms with van der Waals surface area (Å²) in [5, 5.41) is 8.61. The molecule has 3 rings (SSSR count). The van der Waals surface area contributed by atoms with Gasteiger partial charge in [0.25, 0.3) is 5.91 Å². The third-order valence-electron chi connectivity index (χ3n) is 4.48. The van der Waals surface area contributed by atoms with Gasteiger partial charge in [-0.1, -0.05) is 56.3 Å². The van der Waals surface area contributed by atoms with Gasteiger partial charge in [0.05, 0.1) is 0 Å². The van der Waals surface area contributed by atoms with Crippen molar-refractivity contribution in [2.24, 2.45) is 5.92 Å². The van der Waals surface area contributed by atoms with Gasteiger partial charge in [-0.25, -0.2) is 0 Å². The first-order chi connectivity index (χ1) is 15.4. The lowest BCUT2D eigenvalue weighted by molar-refractivity contribution is -0.118. The fraction of sp³-hybridized carbons (Fsp3) is 0.160. The minimum Gasteiger partial charge on any atom is -0.489 e. The van der Waals surface area contributed by atoms with Gasteiger partial charge in [0.2, 0.25) is 5.91 Å². The van der Waals surface area contributed by atoms with Crippen LogP contribution in [0.1, 0.15) is 29.8 Å². The first-order valence-corrected chi connectivity index (χ1v) is 10.6. The summed E-state index contributed by atoms with van der Waals surface area (Å²) in [4.78, 5) is 24.5. The molecule has 0 aliphatic carbocycles. The van der Waals surface area contributed by atoms with Gasteiger partial charge in [0, 0.05) is 22.9 Å². The van der Waals surface area contributed by atoms with E-state index in [2.05, 4.69) is 16.0 Å². The van der Waals surface area contributed by atoms with Crippen LogP contribution in [0.2, 0.25) is 0 Å². The van der Waals surface area contributed by atoms with Crippen molar-refractivity contribution in [2.75, 3.05) is 10.6 Å². The number of hydrogen-bond donors (Lipinski definition) is 3. The molecule has 0 bridgehead atoms. The van der Waals surface area contributed by atoms with E-state index in [1.54, 1.807) is 48.5 Å². The van der Waals surface area contributed by atoms with E-state index in [-0.39, 0.29) is 22.8 Å². The molecule has 3 aromatic carbocycles. The molecule has 0 heterocycles. The summed E-state index contributed by atoms with van der Waals surface area (Å²) in [6.07, 6.45) is 0. The topological polar surface area (TPSA) is 79.5 Å². The molecule has 0 atom stereocenters. The van der Waals surface area contributed by atoms with Crippen LogP contribution in [0.25, 0.3) is 0 Å². The summed E-state index contributed by atoms with van der Waals surface area (Å²) >= 11 is 5.27. The van der Waals surface area contributed by atoms with Gasteiger partial charge in [0.1, 0.15) is 12.4 Å². The Labute approximate surface area is 193 Å². The average Bonchev–Trinajstić information content (AvgIpc) is 2.78. The first-order valence-electron chi connectivity index (χ1n) is 10.2. The molecule has 0 saturated heterocycles. The Kier molecular flexibility index (Phi) is 7.94. The monoisotopic (exact) mass is 447 g/mol. The fourth-order valence-corrected chi connectivity index (χ4v) is 2.98. The van der Waals surface area contributed by atoms with Crippen LogP contribution in [-0.4, -0.2) is 16.9 Å². The van der Waals surface area contributed by atoms with Crippen molar-refractivity contribution in [3.63, 3.8) is 0 Å². The summed E-state index contributed by atoms with van der Waals surface area (Å²) in [5.74, 6) is 0.0395. The SMILES string of the molecule is CC(C)C(=O)Nc1cccc(NC(=S)NC(=O)c2cccc(OCc3ccccc3)c2)c1. The number of rotatable bonds is 7. The van der Waals surface area contributed by atoms with E-state index in [0.29, 0.717) is 29.3 Å². The van der Waals surface area contributed by atoms with Crippen LogP contribution in [0.4, 0.5) is 11.4 Å². The van der Waals surface area contributed by atoms with Gasteiger partial charge in [-0.15, -0.1) is 0 Å². The molecule has 0 unspecified atom stereocenters. The van der Waals surface area contributed by atoms with E-state index in [0.717, 1.165) is 5.56 Å². The number of thiocarbonyl (C=S) groups is 1. The van der Waals surface area contributed by atoms with E-state index in [4.69, 9.17) is 17.0 Å². The van der Waals surface area contributed by atoms with Gasteiger partial charge in [-0.05, 0) is 54.2 Å². The average molecular weight is 448 g/mol. The molecule has 164 valence electrons. The summed E-state index contributed by atoms with van der Waals surface area (Å²) < 4.78 is 5.78. The van der Waals surface area contributed by atoms with Crippen molar-refractivity contribution in [1.82, 2.24) is 5.32 Å². The van der Waals surface area contributed by atoms with Crippen LogP contribution in [0.15, 0.2) is 78.9 Å². The normalized spacial score (nSPS) is 10.3. The zero-order valence-electron chi connectivity index (χ0n) is 17.9. The molecule has 0 aliphatic rings. The number of carbonyl (C=O) groups excluding carboxylic acids is 2. The molecule has 0 fully saturated rings. The summed E-state index contributed by atoms with van der Waals surface area (Å²) in [6, 6.07) is 23.8. The predicted molar refractivity (Wildman–Crippen MR) is 131 cm³/mol. The molecule has 3 N–H and O–H groups in total. The van der Waals surface area contributed by atoms with E-state index in [1.807, 2.05) is 44.2 Å². The van der Waals surface area contributed by atoms with Crippen LogP contribution < -0.4 is 20.7 Å². The van der Waals surface area contributed by atoms with Crippen molar-refractivity contribution >= 4 is 40.5 Å². The molecule has 32 heavy (non-hydrogen) atoms. The van der Waals surface area contributed by atoms with Crippen molar-refractivity contribution in [2.45, 2.75) is 20.5 Å². The Morgan fingerprint density at radius 3 is 2.28 bits per heavy atom.